The molecule has 8 heteroatoms. The number of nitrogens with one attached hydrogen (secondary N) is 2. The maximum absolute atomic E-state index is 5.40. The number of aromatic nitrogens is 3. The average Bonchev–Trinajstić information content (AvgIpc) is 2.42. The van der Waals surface area contributed by atoms with Crippen molar-refractivity contribution >= 4 is 23.7 Å². The fraction of sp³-hybridized carbons (Fsp3) is 0.727. The van der Waals surface area contributed by atoms with E-state index < -0.39 is 0 Å². The maximum Gasteiger partial charge on any atom is 0.323 e. The van der Waals surface area contributed by atoms with Crippen molar-refractivity contribution in [3.8, 4) is 6.01 Å². The SMILES string of the molecule is CCCOc1nc(NN)nc(NC(C)CCSC)n1. The Balaban J connectivity index is 2.69. The standard InChI is InChI=1S/C11H22N6OS/c1-4-6-18-11-15-9(14-10(16-11)17-12)13-8(2)5-7-19-3/h8H,4-7,12H2,1-3H3,(H2,13,14,15,16,17). The molecule has 0 aliphatic carbocycles. The topological polar surface area (TPSA) is 98.0 Å². The highest BCUT2D eigenvalue weighted by Crippen LogP contribution is 2.13. The Morgan fingerprint density at radius 2 is 2.05 bits per heavy atom. The summed E-state index contributed by atoms with van der Waals surface area (Å²) in [7, 11) is 0. The van der Waals surface area contributed by atoms with Crippen LogP contribution in [0.2, 0.25) is 0 Å². The molecule has 0 saturated carbocycles. The van der Waals surface area contributed by atoms with Gasteiger partial charge in [0, 0.05) is 6.04 Å². The summed E-state index contributed by atoms with van der Waals surface area (Å²) in [5.41, 5.74) is 2.41. The maximum atomic E-state index is 5.40. The van der Waals surface area contributed by atoms with Gasteiger partial charge in [-0.25, -0.2) is 5.84 Å². The average molecular weight is 286 g/mol. The van der Waals surface area contributed by atoms with Gasteiger partial charge in [-0.05, 0) is 31.8 Å². The number of rotatable bonds is 9. The second-order valence-corrected chi connectivity index (χ2v) is 5.07. The van der Waals surface area contributed by atoms with Gasteiger partial charge in [0.1, 0.15) is 0 Å². The molecule has 0 spiro atoms. The van der Waals surface area contributed by atoms with E-state index in [1.807, 2.05) is 18.7 Å². The van der Waals surface area contributed by atoms with Crippen LogP contribution in [0.15, 0.2) is 0 Å². The van der Waals surface area contributed by atoms with Crippen LogP contribution in [0, 0.1) is 0 Å². The quantitative estimate of drug-likeness (QED) is 0.464. The summed E-state index contributed by atoms with van der Waals surface area (Å²) < 4.78 is 5.40. The van der Waals surface area contributed by atoms with Crippen molar-refractivity contribution < 1.29 is 4.74 Å². The van der Waals surface area contributed by atoms with Crippen LogP contribution in [-0.4, -0.2) is 39.6 Å². The molecule has 1 aromatic heterocycles. The van der Waals surface area contributed by atoms with Crippen LogP contribution >= 0.6 is 11.8 Å². The number of hydrogen-bond donors (Lipinski definition) is 3. The van der Waals surface area contributed by atoms with Crippen molar-refractivity contribution in [2.45, 2.75) is 32.7 Å². The van der Waals surface area contributed by atoms with Crippen molar-refractivity contribution in [1.29, 1.82) is 0 Å². The molecule has 19 heavy (non-hydrogen) atoms. The number of nitrogens with two attached hydrogens (primary N) is 1. The lowest BCUT2D eigenvalue weighted by Crippen LogP contribution is -2.20. The Kier molecular flexibility index (Phi) is 7.27. The predicted octanol–water partition coefficient (Wildman–Crippen LogP) is 1.50. The molecule has 7 nitrogen and oxygen atoms in total. The van der Waals surface area contributed by atoms with Gasteiger partial charge in [0.05, 0.1) is 6.61 Å². The van der Waals surface area contributed by atoms with E-state index in [1.54, 1.807) is 0 Å². The number of anilines is 2. The molecule has 4 N–H and O–H groups in total. The fourth-order valence-corrected chi connectivity index (χ4v) is 1.92. The molecule has 1 rings (SSSR count). The number of thioether (sulfide) groups is 1. The summed E-state index contributed by atoms with van der Waals surface area (Å²) in [4.78, 5) is 12.4. The highest BCUT2D eigenvalue weighted by atomic mass is 32.2. The molecule has 1 heterocycles. The molecule has 0 fully saturated rings. The molecule has 0 aromatic carbocycles. The normalized spacial score (nSPS) is 12.0. The largest absolute Gasteiger partial charge is 0.463 e. The number of nitrogens with zero attached hydrogens (tertiary/aromatic N) is 3. The molecule has 1 unspecified atom stereocenters. The molecule has 0 aliphatic heterocycles. The Morgan fingerprint density at radius 3 is 2.68 bits per heavy atom. The third-order valence-corrected chi connectivity index (χ3v) is 2.95. The molecular formula is C11H22N6OS. The lowest BCUT2D eigenvalue weighted by atomic mass is 10.3. The van der Waals surface area contributed by atoms with Gasteiger partial charge in [-0.3, -0.25) is 5.43 Å². The van der Waals surface area contributed by atoms with Gasteiger partial charge in [-0.1, -0.05) is 6.92 Å². The monoisotopic (exact) mass is 286 g/mol. The predicted molar refractivity (Wildman–Crippen MR) is 79.5 cm³/mol. The summed E-state index contributed by atoms with van der Waals surface area (Å²) in [6.07, 6.45) is 4.01. The van der Waals surface area contributed by atoms with Gasteiger partial charge in [0.25, 0.3) is 0 Å². The third-order valence-electron chi connectivity index (χ3n) is 2.31. The van der Waals surface area contributed by atoms with Crippen LogP contribution in [0.25, 0.3) is 0 Å². The summed E-state index contributed by atoms with van der Waals surface area (Å²) in [6.45, 7) is 4.67. The van der Waals surface area contributed by atoms with Crippen LogP contribution < -0.4 is 21.3 Å². The molecular weight excluding hydrogens is 264 g/mol. The fourth-order valence-electron chi connectivity index (χ4n) is 1.33. The second-order valence-electron chi connectivity index (χ2n) is 4.08. The highest BCUT2D eigenvalue weighted by molar-refractivity contribution is 7.98. The molecule has 0 bridgehead atoms. The van der Waals surface area contributed by atoms with Crippen molar-refractivity contribution in [2.75, 3.05) is 29.4 Å². The molecule has 1 atom stereocenters. The van der Waals surface area contributed by atoms with Crippen LogP contribution in [-0.2, 0) is 0 Å². The van der Waals surface area contributed by atoms with E-state index in [1.165, 1.54) is 0 Å². The van der Waals surface area contributed by atoms with Gasteiger partial charge in [0.2, 0.25) is 11.9 Å². The number of hydrazine groups is 1. The van der Waals surface area contributed by atoms with Gasteiger partial charge < -0.3 is 10.1 Å². The zero-order chi connectivity index (χ0) is 14.1. The van der Waals surface area contributed by atoms with E-state index >= 15 is 0 Å². The minimum Gasteiger partial charge on any atom is -0.463 e. The summed E-state index contributed by atoms with van der Waals surface area (Å²) in [5, 5.41) is 3.22. The van der Waals surface area contributed by atoms with Crippen molar-refractivity contribution in [3.63, 3.8) is 0 Å². The van der Waals surface area contributed by atoms with Gasteiger partial charge >= 0.3 is 6.01 Å². The van der Waals surface area contributed by atoms with Crippen molar-refractivity contribution in [2.24, 2.45) is 5.84 Å². The minimum atomic E-state index is 0.277. The highest BCUT2D eigenvalue weighted by Gasteiger charge is 2.09. The van der Waals surface area contributed by atoms with Gasteiger partial charge in [-0.15, -0.1) is 0 Å². The zero-order valence-electron chi connectivity index (χ0n) is 11.6. The van der Waals surface area contributed by atoms with Crippen LogP contribution in [0.1, 0.15) is 26.7 Å². The Bertz CT molecular complexity index is 378. The number of nitrogen functional groups attached to an aromatic ring is 1. The molecule has 108 valence electrons. The van der Waals surface area contributed by atoms with Gasteiger partial charge in [-0.2, -0.15) is 26.7 Å². The zero-order valence-corrected chi connectivity index (χ0v) is 12.5. The molecule has 0 amide bonds. The first-order valence-electron chi connectivity index (χ1n) is 6.30. The Hall–Kier alpha value is -1.28. The van der Waals surface area contributed by atoms with E-state index in [4.69, 9.17) is 10.6 Å². The smallest absolute Gasteiger partial charge is 0.323 e. The first kappa shape index (κ1) is 15.8. The Morgan fingerprint density at radius 1 is 1.32 bits per heavy atom. The molecule has 1 aromatic rings. The lowest BCUT2D eigenvalue weighted by Gasteiger charge is -2.14. The molecule has 0 saturated heterocycles. The van der Waals surface area contributed by atoms with Crippen molar-refractivity contribution in [3.05, 3.63) is 0 Å². The van der Waals surface area contributed by atoms with Crippen molar-refractivity contribution in [1.82, 2.24) is 15.0 Å². The van der Waals surface area contributed by atoms with E-state index in [9.17, 15) is 0 Å². The second kappa shape index (κ2) is 8.76. The lowest BCUT2D eigenvalue weighted by molar-refractivity contribution is 0.292. The van der Waals surface area contributed by atoms with Crippen LogP contribution in [0.4, 0.5) is 11.9 Å². The van der Waals surface area contributed by atoms with E-state index in [2.05, 4.69) is 38.9 Å². The summed E-state index contributed by atoms with van der Waals surface area (Å²) >= 11 is 1.81. The first-order chi connectivity index (χ1) is 9.19. The van der Waals surface area contributed by atoms with Crippen LogP contribution in [0.5, 0.6) is 6.01 Å². The van der Waals surface area contributed by atoms with E-state index in [-0.39, 0.29) is 12.1 Å². The minimum absolute atomic E-state index is 0.277. The summed E-state index contributed by atoms with van der Waals surface area (Å²) in [6, 6.07) is 0.559. The first-order valence-corrected chi connectivity index (χ1v) is 7.70. The molecule has 0 radical (unpaired) electrons. The summed E-state index contributed by atoms with van der Waals surface area (Å²) in [5.74, 6) is 7.19. The van der Waals surface area contributed by atoms with Gasteiger partial charge in [0.15, 0.2) is 0 Å². The van der Waals surface area contributed by atoms with E-state index in [0.717, 1.165) is 18.6 Å². The number of ether oxygens (including phenoxy) is 1. The third kappa shape index (κ3) is 5.93. The van der Waals surface area contributed by atoms with Crippen LogP contribution in [0.3, 0.4) is 0 Å². The molecule has 0 aliphatic rings. The van der Waals surface area contributed by atoms with E-state index in [0.29, 0.717) is 18.5 Å². The Labute approximate surface area is 118 Å². The number of hydrogen-bond acceptors (Lipinski definition) is 8.